The molecule has 1 amide bonds. The van der Waals surface area contributed by atoms with E-state index in [1.165, 1.54) is 24.3 Å². The van der Waals surface area contributed by atoms with Gasteiger partial charge in [0.2, 0.25) is 10.0 Å². The molecule has 148 valence electrons. The van der Waals surface area contributed by atoms with Crippen LogP contribution in [0.15, 0.2) is 29.2 Å². The molecular weight excluding hydrogens is 383 g/mol. The summed E-state index contributed by atoms with van der Waals surface area (Å²) in [6, 6.07) is 6.34. The lowest BCUT2D eigenvalue weighted by atomic mass is 9.85. The van der Waals surface area contributed by atoms with E-state index in [9.17, 15) is 26.4 Å². The van der Waals surface area contributed by atoms with Crippen molar-refractivity contribution in [2.75, 3.05) is 6.54 Å². The molecule has 2 atom stereocenters. The molecule has 1 fully saturated rings. The third kappa shape index (κ3) is 5.94. The standard InChI is InChI=1S/C17H20F3N3O3S/c18-17(19,20)13-3-1-4-14(11-13)23-16(24)12-5-7-15(8-6-12)27(25,26)22-10-2-9-21/h5-8,13-14,22H,1-4,10-11H2,(H,23,24). The van der Waals surface area contributed by atoms with E-state index in [-0.39, 0.29) is 36.3 Å². The molecule has 2 N–H and O–H groups in total. The fraction of sp³-hybridized carbons (Fsp3) is 0.529. The van der Waals surface area contributed by atoms with E-state index < -0.39 is 34.1 Å². The number of sulfonamides is 1. The predicted octanol–water partition coefficient (Wildman–Crippen LogP) is 2.73. The molecule has 0 saturated heterocycles. The SMILES string of the molecule is N#CCCNS(=O)(=O)c1ccc(C(=O)NC2CCCC(C(F)(F)F)C2)cc1. The van der Waals surface area contributed by atoms with Gasteiger partial charge in [0, 0.05) is 24.6 Å². The first kappa shape index (κ1) is 21.2. The summed E-state index contributed by atoms with van der Waals surface area (Å²) in [5.41, 5.74) is 0.167. The molecular formula is C17H20F3N3O3S. The average molecular weight is 403 g/mol. The molecule has 1 aromatic carbocycles. The quantitative estimate of drug-likeness (QED) is 0.714. The molecule has 1 aliphatic rings. The van der Waals surface area contributed by atoms with Gasteiger partial charge < -0.3 is 5.32 Å². The van der Waals surface area contributed by atoms with Crippen LogP contribution in [0.4, 0.5) is 13.2 Å². The second-order valence-corrected chi connectivity index (χ2v) is 8.17. The third-order valence-corrected chi connectivity index (χ3v) is 5.90. The van der Waals surface area contributed by atoms with E-state index in [0.29, 0.717) is 12.8 Å². The lowest BCUT2D eigenvalue weighted by molar-refractivity contribution is -0.183. The van der Waals surface area contributed by atoms with Gasteiger partial charge in [-0.1, -0.05) is 6.42 Å². The summed E-state index contributed by atoms with van der Waals surface area (Å²) in [4.78, 5) is 12.2. The zero-order valence-electron chi connectivity index (χ0n) is 14.4. The Morgan fingerprint density at radius 3 is 2.48 bits per heavy atom. The summed E-state index contributed by atoms with van der Waals surface area (Å²) in [6.07, 6.45) is -3.45. The number of alkyl halides is 3. The normalized spacial score (nSPS) is 20.7. The second kappa shape index (κ2) is 8.71. The van der Waals surface area contributed by atoms with Gasteiger partial charge in [-0.3, -0.25) is 4.79 Å². The number of benzene rings is 1. The minimum Gasteiger partial charge on any atom is -0.349 e. The fourth-order valence-corrected chi connectivity index (χ4v) is 4.03. The topological polar surface area (TPSA) is 99.1 Å². The largest absolute Gasteiger partial charge is 0.391 e. The minimum absolute atomic E-state index is 0.0247. The smallest absolute Gasteiger partial charge is 0.349 e. The zero-order valence-corrected chi connectivity index (χ0v) is 15.2. The molecule has 0 heterocycles. The fourth-order valence-electron chi connectivity index (χ4n) is 3.00. The highest BCUT2D eigenvalue weighted by Gasteiger charge is 2.42. The molecule has 2 rings (SSSR count). The zero-order chi connectivity index (χ0) is 20.1. The average Bonchev–Trinajstić information content (AvgIpc) is 2.61. The minimum atomic E-state index is -4.27. The van der Waals surface area contributed by atoms with Gasteiger partial charge in [0.05, 0.1) is 16.9 Å². The highest BCUT2D eigenvalue weighted by molar-refractivity contribution is 7.89. The maximum atomic E-state index is 12.8. The second-order valence-electron chi connectivity index (χ2n) is 6.41. The molecule has 2 unspecified atom stereocenters. The Bertz CT molecular complexity index is 801. The first-order chi connectivity index (χ1) is 12.6. The first-order valence-electron chi connectivity index (χ1n) is 8.48. The molecule has 0 bridgehead atoms. The van der Waals surface area contributed by atoms with Gasteiger partial charge in [-0.2, -0.15) is 18.4 Å². The third-order valence-electron chi connectivity index (χ3n) is 4.43. The molecule has 0 aliphatic heterocycles. The van der Waals surface area contributed by atoms with Crippen molar-refractivity contribution in [2.45, 2.75) is 49.2 Å². The van der Waals surface area contributed by atoms with Gasteiger partial charge in [0.25, 0.3) is 5.91 Å². The van der Waals surface area contributed by atoms with Crippen molar-refractivity contribution in [3.8, 4) is 6.07 Å². The van der Waals surface area contributed by atoms with Crippen LogP contribution < -0.4 is 10.0 Å². The van der Waals surface area contributed by atoms with Crippen LogP contribution >= 0.6 is 0 Å². The Morgan fingerprint density at radius 1 is 1.22 bits per heavy atom. The summed E-state index contributed by atoms with van der Waals surface area (Å²) in [5, 5.41) is 11.0. The number of carbonyl (C=O) groups is 1. The maximum absolute atomic E-state index is 12.8. The molecule has 0 aromatic heterocycles. The Kier molecular flexibility index (Phi) is 6.84. The predicted molar refractivity (Wildman–Crippen MR) is 91.1 cm³/mol. The number of amides is 1. The van der Waals surface area contributed by atoms with E-state index >= 15 is 0 Å². The van der Waals surface area contributed by atoms with Crippen LogP contribution in [0.1, 0.15) is 42.5 Å². The summed E-state index contributed by atoms with van der Waals surface area (Å²) in [6.45, 7) is -0.0247. The van der Waals surface area contributed by atoms with Crippen LogP contribution in [0.3, 0.4) is 0 Å². The van der Waals surface area contributed by atoms with E-state index in [0.717, 1.165) is 0 Å². The van der Waals surface area contributed by atoms with Gasteiger partial charge in [-0.05, 0) is 43.5 Å². The van der Waals surface area contributed by atoms with Gasteiger partial charge >= 0.3 is 6.18 Å². The van der Waals surface area contributed by atoms with Crippen molar-refractivity contribution in [3.05, 3.63) is 29.8 Å². The van der Waals surface area contributed by atoms with Crippen molar-refractivity contribution >= 4 is 15.9 Å². The van der Waals surface area contributed by atoms with Crippen LogP contribution in [0, 0.1) is 17.2 Å². The van der Waals surface area contributed by atoms with Crippen LogP contribution in [0.25, 0.3) is 0 Å². The van der Waals surface area contributed by atoms with Crippen molar-refractivity contribution in [1.29, 1.82) is 5.26 Å². The molecule has 6 nitrogen and oxygen atoms in total. The van der Waals surface area contributed by atoms with E-state index in [1.54, 1.807) is 0 Å². The van der Waals surface area contributed by atoms with Crippen LogP contribution in [-0.4, -0.2) is 33.1 Å². The van der Waals surface area contributed by atoms with E-state index in [1.807, 2.05) is 6.07 Å². The van der Waals surface area contributed by atoms with Crippen molar-refractivity contribution in [2.24, 2.45) is 5.92 Å². The molecule has 0 radical (unpaired) electrons. The van der Waals surface area contributed by atoms with Gasteiger partial charge in [-0.25, -0.2) is 13.1 Å². The molecule has 1 aromatic rings. The van der Waals surface area contributed by atoms with Crippen molar-refractivity contribution in [3.63, 3.8) is 0 Å². The van der Waals surface area contributed by atoms with Crippen molar-refractivity contribution < 1.29 is 26.4 Å². The molecule has 27 heavy (non-hydrogen) atoms. The summed E-state index contributed by atoms with van der Waals surface area (Å²) >= 11 is 0. The monoisotopic (exact) mass is 403 g/mol. The summed E-state index contributed by atoms with van der Waals surface area (Å²) < 4.78 is 64.8. The Labute approximate surface area is 155 Å². The number of nitrogens with one attached hydrogen (secondary N) is 2. The van der Waals surface area contributed by atoms with E-state index in [2.05, 4.69) is 10.0 Å². The summed E-state index contributed by atoms with van der Waals surface area (Å²) in [7, 11) is -3.78. The number of nitriles is 1. The number of hydrogen-bond donors (Lipinski definition) is 2. The molecule has 1 aliphatic carbocycles. The van der Waals surface area contributed by atoms with Gasteiger partial charge in [-0.15, -0.1) is 0 Å². The van der Waals surface area contributed by atoms with Crippen molar-refractivity contribution in [1.82, 2.24) is 10.0 Å². The highest BCUT2D eigenvalue weighted by Crippen LogP contribution is 2.37. The Hall–Kier alpha value is -2.12. The Morgan fingerprint density at radius 2 is 1.89 bits per heavy atom. The maximum Gasteiger partial charge on any atom is 0.391 e. The molecule has 1 saturated carbocycles. The van der Waals surface area contributed by atoms with Crippen LogP contribution in [0.2, 0.25) is 0 Å². The number of nitrogens with zero attached hydrogens (tertiary/aromatic N) is 1. The lowest BCUT2D eigenvalue weighted by Gasteiger charge is -2.31. The molecule has 0 spiro atoms. The number of halogens is 3. The van der Waals surface area contributed by atoms with Gasteiger partial charge in [0.15, 0.2) is 0 Å². The number of rotatable bonds is 6. The highest BCUT2D eigenvalue weighted by atomic mass is 32.2. The number of carbonyl (C=O) groups excluding carboxylic acids is 1. The first-order valence-corrected chi connectivity index (χ1v) is 9.96. The van der Waals surface area contributed by atoms with Crippen LogP contribution in [0.5, 0.6) is 0 Å². The Balaban J connectivity index is 1.98. The summed E-state index contributed by atoms with van der Waals surface area (Å²) in [5.74, 6) is -1.95. The van der Waals surface area contributed by atoms with Gasteiger partial charge in [0.1, 0.15) is 0 Å². The van der Waals surface area contributed by atoms with E-state index in [4.69, 9.17) is 5.26 Å². The number of hydrogen-bond acceptors (Lipinski definition) is 4. The molecule has 10 heteroatoms. The lowest BCUT2D eigenvalue weighted by Crippen LogP contribution is -2.41. The van der Waals surface area contributed by atoms with Crippen LogP contribution in [-0.2, 0) is 10.0 Å².